The van der Waals surface area contributed by atoms with Crippen molar-refractivity contribution in [3.05, 3.63) is 58.6 Å². The van der Waals surface area contributed by atoms with E-state index in [9.17, 15) is 4.79 Å². The Bertz CT molecular complexity index is 707. The number of hydrogen-bond donors (Lipinski definition) is 2. The smallest absolute Gasteiger partial charge is 0.314 e. The minimum absolute atomic E-state index is 0.209. The van der Waals surface area contributed by atoms with Gasteiger partial charge in [-0.05, 0) is 54.8 Å². The molecule has 0 saturated heterocycles. The summed E-state index contributed by atoms with van der Waals surface area (Å²) in [5.41, 5.74) is 2.07. The van der Waals surface area contributed by atoms with Gasteiger partial charge in [-0.2, -0.15) is 0 Å². The molecule has 0 heterocycles. The zero-order valence-electron chi connectivity index (χ0n) is 14.5. The van der Waals surface area contributed by atoms with Gasteiger partial charge in [0.05, 0.1) is 13.7 Å². The summed E-state index contributed by atoms with van der Waals surface area (Å²) in [5, 5.41) is 6.29. The summed E-state index contributed by atoms with van der Waals surface area (Å²) in [6, 6.07) is 13.1. The highest BCUT2D eigenvalue weighted by Crippen LogP contribution is 2.20. The normalized spacial score (nSPS) is 10.2. The van der Waals surface area contributed by atoms with Gasteiger partial charge in [0.2, 0.25) is 0 Å². The number of rotatable bonds is 8. The Morgan fingerprint density at radius 3 is 2.64 bits per heavy atom. The second-order valence-electron chi connectivity index (χ2n) is 5.54. The van der Waals surface area contributed by atoms with Gasteiger partial charge in [0.15, 0.2) is 0 Å². The van der Waals surface area contributed by atoms with Crippen LogP contribution in [0.15, 0.2) is 42.5 Å². The van der Waals surface area contributed by atoms with Crippen molar-refractivity contribution in [1.29, 1.82) is 0 Å². The van der Waals surface area contributed by atoms with Crippen LogP contribution in [0.5, 0.6) is 11.5 Å². The molecule has 2 rings (SSSR count). The minimum atomic E-state index is -0.209. The van der Waals surface area contributed by atoms with Crippen LogP contribution in [-0.2, 0) is 6.42 Å². The number of benzene rings is 2. The Kier molecular flexibility index (Phi) is 7.41. The number of urea groups is 1. The Balaban J connectivity index is 1.61. The molecule has 0 aliphatic rings. The lowest BCUT2D eigenvalue weighted by atomic mass is 10.1. The van der Waals surface area contributed by atoms with Crippen LogP contribution in [0.2, 0.25) is 5.02 Å². The number of nitrogens with one attached hydrogen (secondary N) is 2. The van der Waals surface area contributed by atoms with E-state index in [1.807, 2.05) is 43.3 Å². The zero-order chi connectivity index (χ0) is 18.1. The Labute approximate surface area is 153 Å². The third-order valence-corrected chi connectivity index (χ3v) is 4.04. The molecule has 0 aromatic heterocycles. The molecule has 0 atom stereocenters. The predicted molar refractivity (Wildman–Crippen MR) is 99.8 cm³/mol. The average Bonchev–Trinajstić information content (AvgIpc) is 2.62. The molecule has 0 saturated carbocycles. The standard InChI is InChI=1S/C19H23ClN2O3/c1-14-12-17(6-7-18(14)20)25-11-10-22-19(23)21-9-8-15-4-3-5-16(13-15)24-2/h3-7,12-13H,8-11H2,1-2H3,(H2,21,22,23). The second kappa shape index (κ2) is 9.79. The molecular weight excluding hydrogens is 340 g/mol. The summed E-state index contributed by atoms with van der Waals surface area (Å²) < 4.78 is 10.8. The summed E-state index contributed by atoms with van der Waals surface area (Å²) in [6.45, 7) is 3.29. The van der Waals surface area contributed by atoms with Crippen molar-refractivity contribution in [2.24, 2.45) is 0 Å². The summed E-state index contributed by atoms with van der Waals surface area (Å²) in [5.74, 6) is 1.55. The van der Waals surface area contributed by atoms with Crippen LogP contribution >= 0.6 is 11.6 Å². The van der Waals surface area contributed by atoms with Crippen LogP contribution in [0.1, 0.15) is 11.1 Å². The van der Waals surface area contributed by atoms with E-state index >= 15 is 0 Å². The third kappa shape index (κ3) is 6.55. The molecule has 134 valence electrons. The second-order valence-corrected chi connectivity index (χ2v) is 5.95. The van der Waals surface area contributed by atoms with Crippen molar-refractivity contribution in [2.75, 3.05) is 26.8 Å². The fourth-order valence-electron chi connectivity index (χ4n) is 2.25. The third-order valence-electron chi connectivity index (χ3n) is 3.62. The van der Waals surface area contributed by atoms with Crippen molar-refractivity contribution >= 4 is 17.6 Å². The SMILES string of the molecule is COc1cccc(CCNC(=O)NCCOc2ccc(Cl)c(C)c2)c1. The van der Waals surface area contributed by atoms with Gasteiger partial charge in [-0.1, -0.05) is 23.7 Å². The summed E-state index contributed by atoms with van der Waals surface area (Å²) in [7, 11) is 1.64. The molecule has 0 unspecified atom stereocenters. The molecule has 0 fully saturated rings. The van der Waals surface area contributed by atoms with Crippen LogP contribution in [0.3, 0.4) is 0 Å². The molecule has 0 bridgehead atoms. The van der Waals surface area contributed by atoms with Crippen LogP contribution in [-0.4, -0.2) is 32.8 Å². The van der Waals surface area contributed by atoms with Gasteiger partial charge in [0.1, 0.15) is 18.1 Å². The number of amides is 2. The summed E-state index contributed by atoms with van der Waals surface area (Å²) in [4.78, 5) is 11.7. The van der Waals surface area contributed by atoms with Gasteiger partial charge in [-0.25, -0.2) is 4.79 Å². The lowest BCUT2D eigenvalue weighted by Crippen LogP contribution is -2.38. The highest BCUT2D eigenvalue weighted by atomic mass is 35.5. The molecule has 0 spiro atoms. The first-order valence-electron chi connectivity index (χ1n) is 8.12. The van der Waals surface area contributed by atoms with E-state index < -0.39 is 0 Å². The molecule has 6 heteroatoms. The van der Waals surface area contributed by atoms with Crippen LogP contribution < -0.4 is 20.1 Å². The van der Waals surface area contributed by atoms with Crippen molar-refractivity contribution in [3.8, 4) is 11.5 Å². The molecule has 25 heavy (non-hydrogen) atoms. The molecule has 2 aromatic rings. The maximum Gasteiger partial charge on any atom is 0.314 e. The van der Waals surface area contributed by atoms with Crippen molar-refractivity contribution in [3.63, 3.8) is 0 Å². The van der Waals surface area contributed by atoms with Gasteiger partial charge in [0.25, 0.3) is 0 Å². The first kappa shape index (κ1) is 18.9. The van der Waals surface area contributed by atoms with E-state index in [2.05, 4.69) is 10.6 Å². The number of carbonyl (C=O) groups is 1. The van der Waals surface area contributed by atoms with Gasteiger partial charge < -0.3 is 20.1 Å². The van der Waals surface area contributed by atoms with E-state index in [-0.39, 0.29) is 6.03 Å². The topological polar surface area (TPSA) is 59.6 Å². The molecule has 0 aliphatic carbocycles. The fourth-order valence-corrected chi connectivity index (χ4v) is 2.37. The van der Waals surface area contributed by atoms with Gasteiger partial charge >= 0.3 is 6.03 Å². The van der Waals surface area contributed by atoms with E-state index in [1.165, 1.54) is 0 Å². The highest BCUT2D eigenvalue weighted by Gasteiger charge is 2.02. The minimum Gasteiger partial charge on any atom is -0.497 e. The molecule has 2 N–H and O–H groups in total. The fraction of sp³-hybridized carbons (Fsp3) is 0.316. The number of methoxy groups -OCH3 is 1. The number of hydrogen-bond acceptors (Lipinski definition) is 3. The largest absolute Gasteiger partial charge is 0.497 e. The Hall–Kier alpha value is -2.40. The van der Waals surface area contributed by atoms with Crippen LogP contribution in [0.25, 0.3) is 0 Å². The quantitative estimate of drug-likeness (QED) is 0.706. The van der Waals surface area contributed by atoms with Gasteiger partial charge in [-0.3, -0.25) is 0 Å². The van der Waals surface area contributed by atoms with Crippen LogP contribution in [0, 0.1) is 6.92 Å². The Morgan fingerprint density at radius 1 is 1.08 bits per heavy atom. The average molecular weight is 363 g/mol. The number of ether oxygens (including phenoxy) is 2. The van der Waals surface area contributed by atoms with Crippen molar-refractivity contribution < 1.29 is 14.3 Å². The molecule has 0 aliphatic heterocycles. The maximum absolute atomic E-state index is 11.7. The molecule has 0 radical (unpaired) electrons. The van der Waals surface area contributed by atoms with E-state index in [1.54, 1.807) is 13.2 Å². The molecule has 2 amide bonds. The first-order valence-corrected chi connectivity index (χ1v) is 8.50. The maximum atomic E-state index is 11.7. The first-order chi connectivity index (χ1) is 12.1. The van der Waals surface area contributed by atoms with E-state index in [0.717, 1.165) is 29.0 Å². The van der Waals surface area contributed by atoms with E-state index in [4.69, 9.17) is 21.1 Å². The molecular formula is C19H23ClN2O3. The van der Waals surface area contributed by atoms with Gasteiger partial charge in [-0.15, -0.1) is 0 Å². The Morgan fingerprint density at radius 2 is 1.88 bits per heavy atom. The summed E-state index contributed by atoms with van der Waals surface area (Å²) in [6.07, 6.45) is 0.741. The summed E-state index contributed by atoms with van der Waals surface area (Å²) >= 11 is 5.97. The van der Waals surface area contributed by atoms with Crippen LogP contribution in [0.4, 0.5) is 4.79 Å². The monoisotopic (exact) mass is 362 g/mol. The lowest BCUT2D eigenvalue weighted by Gasteiger charge is -2.10. The number of carbonyl (C=O) groups excluding carboxylic acids is 1. The molecule has 2 aromatic carbocycles. The van der Waals surface area contributed by atoms with Crippen molar-refractivity contribution in [1.82, 2.24) is 10.6 Å². The van der Waals surface area contributed by atoms with Gasteiger partial charge in [0, 0.05) is 11.6 Å². The number of halogens is 1. The highest BCUT2D eigenvalue weighted by molar-refractivity contribution is 6.31. The van der Waals surface area contributed by atoms with E-state index in [0.29, 0.717) is 24.7 Å². The predicted octanol–water partition coefficient (Wildman–Crippen LogP) is 3.58. The molecule has 5 nitrogen and oxygen atoms in total. The zero-order valence-corrected chi connectivity index (χ0v) is 15.2. The lowest BCUT2D eigenvalue weighted by molar-refractivity contribution is 0.236. The number of aryl methyl sites for hydroxylation is 1. The van der Waals surface area contributed by atoms with Crippen molar-refractivity contribution in [2.45, 2.75) is 13.3 Å².